The van der Waals surface area contributed by atoms with Crippen LogP contribution in [-0.4, -0.2) is 242 Å². The molecule has 1 heterocycles. The van der Waals surface area contributed by atoms with E-state index in [1.807, 2.05) is 13.8 Å². The average molecular weight is 994 g/mol. The minimum Gasteiger partial charge on any atom is -0.462 e. The van der Waals surface area contributed by atoms with E-state index in [0.717, 1.165) is 34.3 Å². The molecule has 25 heteroatoms. The molecule has 0 aromatic carbocycles. The smallest absolute Gasteiger partial charge is 0.293 e. The van der Waals surface area contributed by atoms with Gasteiger partial charge in [0.2, 0.25) is 65.0 Å². The molecule has 8 atom stereocenters. The first kappa shape index (κ1) is 61.4. The van der Waals surface area contributed by atoms with Crippen LogP contribution in [0.15, 0.2) is 12.2 Å². The summed E-state index contributed by atoms with van der Waals surface area (Å²) in [6, 6.07) is -6.90. The van der Waals surface area contributed by atoms with Gasteiger partial charge in [0, 0.05) is 49.3 Å². The van der Waals surface area contributed by atoms with Gasteiger partial charge in [-0.05, 0) is 52.4 Å². The van der Waals surface area contributed by atoms with Gasteiger partial charge in [-0.15, -0.1) is 0 Å². The van der Waals surface area contributed by atoms with Gasteiger partial charge in [-0.2, -0.15) is 0 Å². The SMILES string of the molecule is C/C=C/CC(C)[C@@H](O)[C@H]1C(=O)N[C@@H]([C@@H](C)OC=O)C(=O)N(C)CC(=O)N(C)CC(=O)NCC(=O)N(C)CC(=O)N[C@@H](C)C(=O)N[C@H](C)C(=O)N(C)[C@@H](CC(C)C)C(=O)N(C)CC(=O)N(C)CC(=O)N1C. The average Bonchev–Trinajstić information content (AvgIpc) is 3.28. The van der Waals surface area contributed by atoms with Crippen molar-refractivity contribution in [1.82, 2.24) is 55.6 Å². The number of aliphatic hydroxyl groups excluding tert-OH is 1. The molecule has 1 unspecified atom stereocenters. The number of rotatable bonds is 9. The molecule has 1 fully saturated rings. The van der Waals surface area contributed by atoms with Crippen molar-refractivity contribution in [2.45, 2.75) is 104 Å². The van der Waals surface area contributed by atoms with Gasteiger partial charge in [-0.3, -0.25) is 57.5 Å². The lowest BCUT2D eigenvalue weighted by atomic mass is 9.92. The van der Waals surface area contributed by atoms with Crippen LogP contribution in [0.2, 0.25) is 0 Å². The zero-order valence-corrected chi connectivity index (χ0v) is 43.0. The van der Waals surface area contributed by atoms with E-state index in [0.29, 0.717) is 0 Å². The molecule has 1 aliphatic rings. The number of carbonyl (C=O) groups excluding carboxylic acids is 12. The standard InChI is InChI=1S/C45H75N11O14/c1-15-16-17-27(4)40(64)39-42(66)49-38(30(7)70-25-57)45(69)54(12)23-35(61)51(9)20-32(58)46-19-34(60)50(8)21-33(59)47-28(5)41(65)48-29(6)43(67)55(13)31(18-26(2)3)44(68)53(11)22-36(62)52(10)24-37(63)56(39)14/h15-16,25-31,38-40,64H,17-24H2,1-14H3,(H,46,58)(H,47,59)(H,48,65)(H,49,66)/b16-15+/t27?,28-,29+,30+,31-,38-,39-,40+/m0/s1. The maximum atomic E-state index is 14.3. The number of allylic oxidation sites excluding steroid dienone is 2. The maximum absolute atomic E-state index is 14.3. The Morgan fingerprint density at radius 1 is 0.614 bits per heavy atom. The van der Waals surface area contributed by atoms with Crippen LogP contribution in [-0.2, 0) is 62.3 Å². The van der Waals surface area contributed by atoms with Gasteiger partial charge in [0.05, 0.1) is 45.4 Å². The number of ether oxygens (including phenoxy) is 1. The van der Waals surface area contributed by atoms with Crippen LogP contribution in [0.3, 0.4) is 0 Å². The largest absolute Gasteiger partial charge is 0.462 e. The molecule has 1 rings (SSSR count). The lowest BCUT2D eigenvalue weighted by Gasteiger charge is -2.36. The van der Waals surface area contributed by atoms with E-state index in [4.69, 9.17) is 4.74 Å². The summed E-state index contributed by atoms with van der Waals surface area (Å²) in [5.74, 6) is -9.47. The van der Waals surface area contributed by atoms with Gasteiger partial charge < -0.3 is 65.4 Å². The quantitative estimate of drug-likeness (QED) is 0.109. The molecule has 11 amide bonds. The van der Waals surface area contributed by atoms with Crippen molar-refractivity contribution < 1.29 is 67.4 Å². The molecule has 0 aliphatic carbocycles. The van der Waals surface area contributed by atoms with E-state index in [9.17, 15) is 62.6 Å². The monoisotopic (exact) mass is 994 g/mol. The minimum absolute atomic E-state index is 0.0343. The van der Waals surface area contributed by atoms with Crippen LogP contribution in [0.4, 0.5) is 0 Å². The summed E-state index contributed by atoms with van der Waals surface area (Å²) in [7, 11) is 8.90. The number of aliphatic hydroxyl groups is 1. The fourth-order valence-electron chi connectivity index (χ4n) is 7.05. The summed E-state index contributed by atoms with van der Waals surface area (Å²) in [6.07, 6.45) is 0.908. The predicted molar refractivity (Wildman–Crippen MR) is 252 cm³/mol. The highest BCUT2D eigenvalue weighted by Crippen LogP contribution is 2.19. The van der Waals surface area contributed by atoms with E-state index in [2.05, 4.69) is 21.3 Å². The molecule has 394 valence electrons. The zero-order chi connectivity index (χ0) is 53.9. The molecule has 5 N–H and O–H groups in total. The number of hydrogen-bond acceptors (Lipinski definition) is 14. The summed E-state index contributed by atoms with van der Waals surface area (Å²) in [6.45, 7) is 7.47. The molecule has 0 aromatic heterocycles. The predicted octanol–water partition coefficient (Wildman–Crippen LogP) is -3.87. The van der Waals surface area contributed by atoms with Crippen molar-refractivity contribution in [3.05, 3.63) is 12.2 Å². The van der Waals surface area contributed by atoms with E-state index in [1.54, 1.807) is 26.0 Å². The van der Waals surface area contributed by atoms with Crippen LogP contribution < -0.4 is 21.3 Å². The van der Waals surface area contributed by atoms with Crippen molar-refractivity contribution >= 4 is 71.5 Å². The molecule has 0 saturated carbocycles. The fraction of sp³-hybridized carbons (Fsp3) is 0.689. The van der Waals surface area contributed by atoms with Gasteiger partial charge in [0.1, 0.15) is 36.3 Å². The van der Waals surface area contributed by atoms with Crippen LogP contribution in [0, 0.1) is 11.8 Å². The number of carbonyl (C=O) groups is 12. The molecule has 1 aliphatic heterocycles. The van der Waals surface area contributed by atoms with Gasteiger partial charge in [0.15, 0.2) is 0 Å². The van der Waals surface area contributed by atoms with Crippen LogP contribution in [0.25, 0.3) is 0 Å². The Balaban J connectivity index is 3.74. The van der Waals surface area contributed by atoms with Crippen molar-refractivity contribution in [3.63, 3.8) is 0 Å². The number of amides is 11. The molecule has 1 saturated heterocycles. The highest BCUT2D eigenvalue weighted by Gasteiger charge is 2.41. The van der Waals surface area contributed by atoms with E-state index in [1.165, 1.54) is 70.1 Å². The lowest BCUT2D eigenvalue weighted by Crippen LogP contribution is -2.62. The summed E-state index contributed by atoms with van der Waals surface area (Å²) in [5, 5.41) is 21.4. The molecule has 0 bridgehead atoms. The number of likely N-dealkylation sites (N-methyl/N-ethyl adjacent to an activating group) is 7. The normalized spacial score (nSPS) is 24.7. The Morgan fingerprint density at radius 3 is 1.67 bits per heavy atom. The Bertz CT molecular complexity index is 1950. The molecular formula is C45H75N11O14. The Labute approximate surface area is 409 Å². The van der Waals surface area contributed by atoms with Crippen molar-refractivity contribution in [3.8, 4) is 0 Å². The molecule has 0 radical (unpaired) electrons. The van der Waals surface area contributed by atoms with Gasteiger partial charge >= 0.3 is 0 Å². The Kier molecular flexibility index (Phi) is 25.2. The van der Waals surface area contributed by atoms with Gasteiger partial charge in [-0.25, -0.2) is 0 Å². The summed E-state index contributed by atoms with van der Waals surface area (Å²) in [4.78, 5) is 167. The van der Waals surface area contributed by atoms with E-state index >= 15 is 0 Å². The van der Waals surface area contributed by atoms with Crippen LogP contribution in [0.1, 0.15) is 61.3 Å². The number of nitrogens with one attached hydrogen (secondary N) is 4. The minimum atomic E-state index is -1.71. The second-order valence-corrected chi connectivity index (χ2v) is 18.2. The van der Waals surface area contributed by atoms with Crippen molar-refractivity contribution in [2.24, 2.45) is 11.8 Å². The first-order valence-electron chi connectivity index (χ1n) is 22.8. The maximum Gasteiger partial charge on any atom is 0.293 e. The molecule has 25 nitrogen and oxygen atoms in total. The highest BCUT2D eigenvalue weighted by atomic mass is 16.5. The van der Waals surface area contributed by atoms with Gasteiger partial charge in [-0.1, -0.05) is 32.9 Å². The number of nitrogens with zero attached hydrogens (tertiary/aromatic N) is 7. The Hall–Kier alpha value is -6.66. The molecule has 70 heavy (non-hydrogen) atoms. The molecular weight excluding hydrogens is 919 g/mol. The topological polar surface area (TPSA) is 305 Å². The van der Waals surface area contributed by atoms with Crippen molar-refractivity contribution in [2.75, 3.05) is 88.6 Å². The number of hydrogen-bond donors (Lipinski definition) is 5. The third kappa shape index (κ3) is 18.7. The third-order valence-electron chi connectivity index (χ3n) is 11.7. The first-order chi connectivity index (χ1) is 32.5. The fourth-order valence-corrected chi connectivity index (χ4v) is 7.05. The van der Waals surface area contributed by atoms with Crippen LogP contribution in [0.5, 0.6) is 0 Å². The lowest BCUT2D eigenvalue weighted by molar-refractivity contribution is -0.152. The summed E-state index contributed by atoms with van der Waals surface area (Å²) < 4.78 is 5.03. The highest BCUT2D eigenvalue weighted by molar-refractivity contribution is 5.97. The van der Waals surface area contributed by atoms with E-state index < -0.39 is 153 Å². The summed E-state index contributed by atoms with van der Waals surface area (Å²) in [5.41, 5.74) is 0. The molecule has 0 spiro atoms. The van der Waals surface area contributed by atoms with Crippen LogP contribution >= 0.6 is 0 Å². The second-order valence-electron chi connectivity index (χ2n) is 18.2. The van der Waals surface area contributed by atoms with Gasteiger partial charge in [0.25, 0.3) is 6.47 Å². The Morgan fingerprint density at radius 2 is 1.13 bits per heavy atom. The molecule has 0 aromatic rings. The first-order valence-corrected chi connectivity index (χ1v) is 22.8. The van der Waals surface area contributed by atoms with E-state index in [-0.39, 0.29) is 25.2 Å². The third-order valence-corrected chi connectivity index (χ3v) is 11.7. The van der Waals surface area contributed by atoms with Crippen molar-refractivity contribution in [1.29, 1.82) is 0 Å². The second kappa shape index (κ2) is 28.7. The summed E-state index contributed by atoms with van der Waals surface area (Å²) >= 11 is 0. The zero-order valence-electron chi connectivity index (χ0n) is 43.0.